The molecule has 3 aromatic rings. The Labute approximate surface area is 146 Å². The fourth-order valence-corrected chi connectivity index (χ4v) is 3.83. The van der Waals surface area contributed by atoms with Crippen LogP contribution in [0.5, 0.6) is 0 Å². The molecule has 1 aliphatic rings. The highest BCUT2D eigenvalue weighted by molar-refractivity contribution is 7.19. The summed E-state index contributed by atoms with van der Waals surface area (Å²) < 4.78 is 1.29. The van der Waals surface area contributed by atoms with E-state index in [2.05, 4.69) is 15.0 Å². The lowest BCUT2D eigenvalue weighted by Crippen LogP contribution is -2.31. The quantitative estimate of drug-likeness (QED) is 0.528. The summed E-state index contributed by atoms with van der Waals surface area (Å²) in [4.78, 5) is 29.9. The highest BCUT2D eigenvalue weighted by Crippen LogP contribution is 2.27. The van der Waals surface area contributed by atoms with Gasteiger partial charge in [0.05, 0.1) is 4.92 Å². The number of aromatic nitrogens is 3. The van der Waals surface area contributed by atoms with Gasteiger partial charge in [-0.2, -0.15) is 9.61 Å². The molecule has 3 heterocycles. The van der Waals surface area contributed by atoms with Crippen LogP contribution in [0.4, 0.5) is 11.5 Å². The van der Waals surface area contributed by atoms with Gasteiger partial charge in [0.15, 0.2) is 0 Å². The molecule has 0 radical (unpaired) electrons. The molecular weight excluding hydrogens is 342 g/mol. The van der Waals surface area contributed by atoms with Gasteiger partial charge in [-0.1, -0.05) is 11.3 Å². The predicted octanol–water partition coefficient (Wildman–Crippen LogP) is 2.72. The van der Waals surface area contributed by atoms with E-state index in [0.717, 1.165) is 31.5 Å². The number of nitrogens with zero attached hydrogens (tertiary/aromatic N) is 5. The van der Waals surface area contributed by atoms with Crippen LogP contribution in [0, 0.1) is 10.1 Å². The summed E-state index contributed by atoms with van der Waals surface area (Å²) in [6.45, 7) is 1.83. The predicted molar refractivity (Wildman–Crippen MR) is 95.3 cm³/mol. The highest BCUT2D eigenvalue weighted by atomic mass is 32.1. The molecule has 0 atom stereocenters. The van der Waals surface area contributed by atoms with Crippen LogP contribution in [0.3, 0.4) is 0 Å². The second kappa shape index (κ2) is 6.25. The van der Waals surface area contributed by atoms with Crippen molar-refractivity contribution in [2.75, 3.05) is 18.0 Å². The van der Waals surface area contributed by atoms with Crippen LogP contribution in [0.25, 0.3) is 15.5 Å². The number of nitro groups is 1. The zero-order valence-electron chi connectivity index (χ0n) is 13.3. The molecule has 0 saturated carbocycles. The van der Waals surface area contributed by atoms with Crippen molar-refractivity contribution in [3.8, 4) is 10.6 Å². The Balaban J connectivity index is 1.73. The number of fused-ring (bicyclic) bond motifs is 1. The fraction of sp³-hybridized carbons (Fsp3) is 0.312. The molecule has 0 amide bonds. The van der Waals surface area contributed by atoms with E-state index in [4.69, 9.17) is 0 Å². The average Bonchev–Trinajstić information content (AvgIpc) is 3.07. The molecule has 0 aliphatic carbocycles. The number of hydrogen-bond acceptors (Lipinski definition) is 7. The molecule has 128 valence electrons. The smallest absolute Gasteiger partial charge is 0.277 e. The van der Waals surface area contributed by atoms with E-state index in [1.165, 1.54) is 40.5 Å². The van der Waals surface area contributed by atoms with Crippen molar-refractivity contribution in [1.29, 1.82) is 0 Å². The number of piperidine rings is 1. The zero-order valence-corrected chi connectivity index (χ0v) is 14.1. The van der Waals surface area contributed by atoms with E-state index in [0.29, 0.717) is 15.8 Å². The van der Waals surface area contributed by atoms with Crippen LogP contribution >= 0.6 is 11.3 Å². The SMILES string of the molecule is O=c1cc(N2CCCCC2)nc2sc(-c3ccc([N+](=O)[O-])cc3)nn12. The molecule has 0 spiro atoms. The highest BCUT2D eigenvalue weighted by Gasteiger charge is 2.16. The van der Waals surface area contributed by atoms with Crippen LogP contribution in [0.1, 0.15) is 19.3 Å². The van der Waals surface area contributed by atoms with E-state index in [9.17, 15) is 14.9 Å². The average molecular weight is 357 g/mol. The van der Waals surface area contributed by atoms with Crippen molar-refractivity contribution in [2.24, 2.45) is 0 Å². The third-order valence-corrected chi connectivity index (χ3v) is 5.19. The van der Waals surface area contributed by atoms with Gasteiger partial charge in [-0.25, -0.2) is 4.98 Å². The van der Waals surface area contributed by atoms with Gasteiger partial charge in [-0.3, -0.25) is 14.9 Å². The normalized spacial score (nSPS) is 14.8. The molecule has 25 heavy (non-hydrogen) atoms. The van der Waals surface area contributed by atoms with Gasteiger partial charge in [-0.15, -0.1) is 0 Å². The molecule has 1 fully saturated rings. The van der Waals surface area contributed by atoms with Crippen molar-refractivity contribution < 1.29 is 4.92 Å². The first-order valence-corrected chi connectivity index (χ1v) is 8.84. The molecule has 0 bridgehead atoms. The maximum Gasteiger partial charge on any atom is 0.277 e. The van der Waals surface area contributed by atoms with Crippen molar-refractivity contribution in [3.05, 3.63) is 50.8 Å². The minimum Gasteiger partial charge on any atom is -0.356 e. The van der Waals surface area contributed by atoms with Crippen LogP contribution < -0.4 is 10.5 Å². The number of rotatable bonds is 3. The van der Waals surface area contributed by atoms with Crippen molar-refractivity contribution in [2.45, 2.75) is 19.3 Å². The summed E-state index contributed by atoms with van der Waals surface area (Å²) in [6.07, 6.45) is 3.43. The largest absolute Gasteiger partial charge is 0.356 e. The molecule has 0 N–H and O–H groups in total. The van der Waals surface area contributed by atoms with Crippen LogP contribution in [0.2, 0.25) is 0 Å². The molecule has 1 aromatic carbocycles. The number of anilines is 1. The van der Waals surface area contributed by atoms with Gasteiger partial charge in [0.1, 0.15) is 10.8 Å². The lowest BCUT2D eigenvalue weighted by atomic mass is 10.1. The van der Waals surface area contributed by atoms with Crippen molar-refractivity contribution in [3.63, 3.8) is 0 Å². The van der Waals surface area contributed by atoms with Crippen LogP contribution in [-0.2, 0) is 0 Å². The Kier molecular flexibility index (Phi) is 3.92. The minimum atomic E-state index is -0.445. The molecule has 9 heteroatoms. The molecule has 1 saturated heterocycles. The Bertz CT molecular complexity index is 989. The number of hydrogen-bond donors (Lipinski definition) is 0. The number of nitro benzene ring substituents is 1. The first-order valence-electron chi connectivity index (χ1n) is 8.02. The third-order valence-electron chi connectivity index (χ3n) is 4.24. The zero-order chi connectivity index (χ0) is 17.4. The maximum absolute atomic E-state index is 12.4. The number of benzene rings is 1. The van der Waals surface area contributed by atoms with Crippen LogP contribution in [0.15, 0.2) is 35.1 Å². The lowest BCUT2D eigenvalue weighted by Gasteiger charge is -2.27. The van der Waals surface area contributed by atoms with E-state index in [1.807, 2.05) is 0 Å². The van der Waals surface area contributed by atoms with Gasteiger partial charge in [-0.05, 0) is 31.4 Å². The lowest BCUT2D eigenvalue weighted by molar-refractivity contribution is -0.384. The summed E-state index contributed by atoms with van der Waals surface area (Å²) in [6, 6.07) is 7.64. The molecule has 1 aliphatic heterocycles. The molecule has 4 rings (SSSR count). The van der Waals surface area contributed by atoms with Gasteiger partial charge in [0, 0.05) is 36.9 Å². The second-order valence-electron chi connectivity index (χ2n) is 5.91. The second-order valence-corrected chi connectivity index (χ2v) is 6.86. The first-order chi connectivity index (χ1) is 12.1. The monoisotopic (exact) mass is 357 g/mol. The maximum atomic E-state index is 12.4. The van der Waals surface area contributed by atoms with E-state index >= 15 is 0 Å². The number of non-ortho nitro benzene ring substituents is 1. The summed E-state index contributed by atoms with van der Waals surface area (Å²) in [5.74, 6) is 0.698. The van der Waals surface area contributed by atoms with Gasteiger partial charge in [0.2, 0.25) is 4.96 Å². The Hall–Kier alpha value is -2.81. The standard InChI is InChI=1S/C16H15N5O3S/c22-14-10-13(19-8-2-1-3-9-19)17-16-20(14)18-15(25-16)11-4-6-12(7-5-11)21(23)24/h4-7,10H,1-3,8-9H2. The molecule has 8 nitrogen and oxygen atoms in total. The Morgan fingerprint density at radius 1 is 1.12 bits per heavy atom. The molecular formula is C16H15N5O3S. The van der Waals surface area contributed by atoms with E-state index < -0.39 is 4.92 Å². The fourth-order valence-electron chi connectivity index (χ4n) is 2.93. The van der Waals surface area contributed by atoms with Crippen molar-refractivity contribution >= 4 is 27.8 Å². The van der Waals surface area contributed by atoms with Gasteiger partial charge >= 0.3 is 0 Å². The topological polar surface area (TPSA) is 93.6 Å². The van der Waals surface area contributed by atoms with Gasteiger partial charge < -0.3 is 4.90 Å². The minimum absolute atomic E-state index is 0.0209. The Morgan fingerprint density at radius 2 is 1.84 bits per heavy atom. The summed E-state index contributed by atoms with van der Waals surface area (Å²) in [7, 11) is 0. The first kappa shape index (κ1) is 15.7. The van der Waals surface area contributed by atoms with Crippen LogP contribution in [-0.4, -0.2) is 32.6 Å². The summed E-state index contributed by atoms with van der Waals surface area (Å²) in [5, 5.41) is 15.7. The summed E-state index contributed by atoms with van der Waals surface area (Å²) in [5.41, 5.74) is 0.530. The van der Waals surface area contributed by atoms with Crippen molar-refractivity contribution in [1.82, 2.24) is 14.6 Å². The third kappa shape index (κ3) is 2.98. The van der Waals surface area contributed by atoms with E-state index in [1.54, 1.807) is 12.1 Å². The summed E-state index contributed by atoms with van der Waals surface area (Å²) >= 11 is 1.30. The van der Waals surface area contributed by atoms with Gasteiger partial charge in [0.25, 0.3) is 11.2 Å². The Morgan fingerprint density at radius 3 is 2.52 bits per heavy atom. The molecule has 0 unspecified atom stereocenters. The van der Waals surface area contributed by atoms with E-state index in [-0.39, 0.29) is 11.2 Å². The molecule has 2 aromatic heterocycles.